The second kappa shape index (κ2) is 6.37. The maximum Gasteiger partial charge on any atom is 0.101 e. The minimum atomic E-state index is 0.224. The third-order valence-corrected chi connectivity index (χ3v) is 2.21. The van der Waals surface area contributed by atoms with Crippen molar-refractivity contribution < 1.29 is 4.74 Å². The van der Waals surface area contributed by atoms with Crippen LogP contribution in [0.2, 0.25) is 5.02 Å². The number of nitrogens with zero attached hydrogens (tertiary/aromatic N) is 1. The molecule has 3 nitrogen and oxygen atoms in total. The summed E-state index contributed by atoms with van der Waals surface area (Å²) in [4.78, 5) is 0. The molecular weight excluding hydrogens is 224 g/mol. The van der Waals surface area contributed by atoms with Gasteiger partial charge in [-0.3, -0.25) is 0 Å². The van der Waals surface area contributed by atoms with Crippen LogP contribution in [0.3, 0.4) is 0 Å². The molecule has 0 aliphatic heterocycles. The van der Waals surface area contributed by atoms with Crippen LogP contribution in [0, 0.1) is 11.3 Å². The van der Waals surface area contributed by atoms with Crippen molar-refractivity contribution in [2.24, 2.45) is 0 Å². The lowest BCUT2D eigenvalue weighted by Crippen LogP contribution is -2.13. The van der Waals surface area contributed by atoms with Gasteiger partial charge in [0, 0.05) is 11.6 Å². The summed E-state index contributed by atoms with van der Waals surface area (Å²) in [5.74, 6) is 0. The zero-order valence-corrected chi connectivity index (χ0v) is 10.2. The van der Waals surface area contributed by atoms with E-state index in [4.69, 9.17) is 21.6 Å². The number of nitrogens with one attached hydrogen (secondary N) is 1. The van der Waals surface area contributed by atoms with Gasteiger partial charge in [0.15, 0.2) is 0 Å². The maximum atomic E-state index is 8.91. The molecule has 0 aliphatic rings. The fraction of sp³-hybridized carbons (Fsp3) is 0.417. The molecule has 0 aromatic heterocycles. The van der Waals surface area contributed by atoms with Crippen LogP contribution in [0.5, 0.6) is 0 Å². The van der Waals surface area contributed by atoms with E-state index < -0.39 is 0 Å². The Morgan fingerprint density at radius 3 is 2.88 bits per heavy atom. The standard InChI is InChI=1S/C12H15ClN2O/c1-9(2)16-6-5-15-12-4-3-11(13)7-10(12)8-14/h3-4,7,9,15H,5-6H2,1-2H3. The summed E-state index contributed by atoms with van der Waals surface area (Å²) in [7, 11) is 0. The number of benzene rings is 1. The molecule has 1 N–H and O–H groups in total. The van der Waals surface area contributed by atoms with Crippen LogP contribution in [-0.2, 0) is 4.74 Å². The monoisotopic (exact) mass is 238 g/mol. The Bertz CT molecular complexity index is 385. The zero-order chi connectivity index (χ0) is 12.0. The molecule has 0 heterocycles. The highest BCUT2D eigenvalue weighted by molar-refractivity contribution is 6.30. The van der Waals surface area contributed by atoms with Crippen molar-refractivity contribution >= 4 is 17.3 Å². The van der Waals surface area contributed by atoms with Crippen LogP contribution in [0.1, 0.15) is 19.4 Å². The van der Waals surface area contributed by atoms with Gasteiger partial charge in [-0.15, -0.1) is 0 Å². The molecule has 16 heavy (non-hydrogen) atoms. The molecule has 0 spiro atoms. The summed E-state index contributed by atoms with van der Waals surface area (Å²) in [5.41, 5.74) is 1.34. The maximum absolute atomic E-state index is 8.91. The summed E-state index contributed by atoms with van der Waals surface area (Å²) < 4.78 is 5.39. The van der Waals surface area contributed by atoms with Crippen molar-refractivity contribution in [1.29, 1.82) is 5.26 Å². The van der Waals surface area contributed by atoms with E-state index in [1.807, 2.05) is 13.8 Å². The van der Waals surface area contributed by atoms with E-state index >= 15 is 0 Å². The summed E-state index contributed by atoms with van der Waals surface area (Å²) in [6.07, 6.45) is 0.224. The van der Waals surface area contributed by atoms with Crippen molar-refractivity contribution in [3.05, 3.63) is 28.8 Å². The number of halogens is 1. The predicted octanol–water partition coefficient (Wildman–Crippen LogP) is 3.05. The smallest absolute Gasteiger partial charge is 0.101 e. The molecule has 86 valence electrons. The van der Waals surface area contributed by atoms with Crippen molar-refractivity contribution in [1.82, 2.24) is 0 Å². The predicted molar refractivity (Wildman–Crippen MR) is 65.7 cm³/mol. The van der Waals surface area contributed by atoms with Gasteiger partial charge < -0.3 is 10.1 Å². The second-order valence-corrected chi connectivity index (χ2v) is 4.08. The van der Waals surface area contributed by atoms with E-state index in [0.29, 0.717) is 23.7 Å². The first kappa shape index (κ1) is 12.8. The van der Waals surface area contributed by atoms with Gasteiger partial charge in [0.2, 0.25) is 0 Å². The number of rotatable bonds is 5. The van der Waals surface area contributed by atoms with E-state index in [9.17, 15) is 0 Å². The summed E-state index contributed by atoms with van der Waals surface area (Å²) >= 11 is 5.79. The Morgan fingerprint density at radius 2 is 2.25 bits per heavy atom. The fourth-order valence-corrected chi connectivity index (χ4v) is 1.42. The molecule has 1 aromatic carbocycles. The molecule has 1 rings (SSSR count). The van der Waals surface area contributed by atoms with Crippen molar-refractivity contribution in [3.8, 4) is 6.07 Å². The van der Waals surface area contributed by atoms with Crippen LogP contribution < -0.4 is 5.32 Å². The highest BCUT2D eigenvalue weighted by Crippen LogP contribution is 2.19. The highest BCUT2D eigenvalue weighted by Gasteiger charge is 2.02. The lowest BCUT2D eigenvalue weighted by Gasteiger charge is -2.10. The average molecular weight is 239 g/mol. The fourth-order valence-electron chi connectivity index (χ4n) is 1.24. The van der Waals surface area contributed by atoms with Gasteiger partial charge in [-0.1, -0.05) is 11.6 Å². The molecule has 0 radical (unpaired) electrons. The van der Waals surface area contributed by atoms with Crippen molar-refractivity contribution in [3.63, 3.8) is 0 Å². The SMILES string of the molecule is CC(C)OCCNc1ccc(Cl)cc1C#N. The van der Waals surface area contributed by atoms with Gasteiger partial charge in [-0.05, 0) is 32.0 Å². The molecule has 0 saturated carbocycles. The Morgan fingerprint density at radius 1 is 1.50 bits per heavy atom. The molecule has 0 saturated heterocycles. The number of hydrogen-bond acceptors (Lipinski definition) is 3. The number of hydrogen-bond donors (Lipinski definition) is 1. The molecule has 0 aliphatic carbocycles. The Labute approximate surface area is 101 Å². The molecule has 0 fully saturated rings. The van der Waals surface area contributed by atoms with Crippen molar-refractivity contribution in [2.45, 2.75) is 20.0 Å². The molecule has 0 atom stereocenters. The van der Waals surface area contributed by atoms with Crippen LogP contribution in [-0.4, -0.2) is 19.3 Å². The van der Waals surface area contributed by atoms with E-state index in [0.717, 1.165) is 5.69 Å². The molecule has 1 aromatic rings. The minimum absolute atomic E-state index is 0.224. The van der Waals surface area contributed by atoms with Crippen LogP contribution in [0.25, 0.3) is 0 Å². The first-order valence-electron chi connectivity index (χ1n) is 5.18. The Balaban J connectivity index is 2.51. The number of anilines is 1. The molecule has 4 heteroatoms. The lowest BCUT2D eigenvalue weighted by atomic mass is 10.2. The van der Waals surface area contributed by atoms with Crippen LogP contribution in [0.15, 0.2) is 18.2 Å². The first-order valence-corrected chi connectivity index (χ1v) is 5.56. The zero-order valence-electron chi connectivity index (χ0n) is 9.46. The van der Waals surface area contributed by atoms with Gasteiger partial charge in [0.05, 0.1) is 24.0 Å². The lowest BCUT2D eigenvalue weighted by molar-refractivity contribution is 0.0870. The topological polar surface area (TPSA) is 45.0 Å². The Kier molecular flexibility index (Phi) is 5.10. The first-order chi connectivity index (χ1) is 7.63. The third-order valence-electron chi connectivity index (χ3n) is 1.97. The molecule has 0 amide bonds. The normalized spacial score (nSPS) is 10.2. The largest absolute Gasteiger partial charge is 0.382 e. The van der Waals surface area contributed by atoms with Crippen LogP contribution in [0.4, 0.5) is 5.69 Å². The molecule has 0 bridgehead atoms. The number of ether oxygens (including phenoxy) is 1. The average Bonchev–Trinajstić information content (AvgIpc) is 2.25. The van der Waals surface area contributed by atoms with Gasteiger partial charge >= 0.3 is 0 Å². The van der Waals surface area contributed by atoms with E-state index in [1.54, 1.807) is 18.2 Å². The third kappa shape index (κ3) is 4.09. The highest BCUT2D eigenvalue weighted by atomic mass is 35.5. The van der Waals surface area contributed by atoms with Gasteiger partial charge in [0.25, 0.3) is 0 Å². The summed E-state index contributed by atoms with van der Waals surface area (Å²) in [6, 6.07) is 7.30. The van der Waals surface area contributed by atoms with Crippen molar-refractivity contribution in [2.75, 3.05) is 18.5 Å². The molecule has 0 unspecified atom stereocenters. The summed E-state index contributed by atoms with van der Waals surface area (Å²) in [6.45, 7) is 5.27. The van der Waals surface area contributed by atoms with E-state index in [2.05, 4.69) is 11.4 Å². The summed E-state index contributed by atoms with van der Waals surface area (Å²) in [5, 5.41) is 12.6. The second-order valence-electron chi connectivity index (χ2n) is 3.65. The Hall–Kier alpha value is -1.24. The minimum Gasteiger partial charge on any atom is -0.382 e. The van der Waals surface area contributed by atoms with Gasteiger partial charge in [0.1, 0.15) is 6.07 Å². The van der Waals surface area contributed by atoms with E-state index in [-0.39, 0.29) is 6.10 Å². The molecular formula is C12H15ClN2O. The number of nitriles is 1. The van der Waals surface area contributed by atoms with Gasteiger partial charge in [-0.25, -0.2) is 0 Å². The quantitative estimate of drug-likeness (QED) is 0.802. The van der Waals surface area contributed by atoms with Gasteiger partial charge in [-0.2, -0.15) is 5.26 Å². The van der Waals surface area contributed by atoms with E-state index in [1.165, 1.54) is 0 Å². The van der Waals surface area contributed by atoms with Crippen LogP contribution >= 0.6 is 11.6 Å².